The lowest BCUT2D eigenvalue weighted by Crippen LogP contribution is -2.38. The van der Waals surface area contributed by atoms with E-state index in [1.807, 2.05) is 30.3 Å². The quantitative estimate of drug-likeness (QED) is 0.376. The molecule has 0 saturated heterocycles. The number of rotatable bonds is 5. The minimum Gasteiger partial charge on any atom is -0.467 e. The third-order valence-electron chi connectivity index (χ3n) is 5.08. The van der Waals surface area contributed by atoms with Crippen LogP contribution in [0.3, 0.4) is 0 Å². The van der Waals surface area contributed by atoms with Crippen LogP contribution in [0.4, 0.5) is 5.69 Å². The van der Waals surface area contributed by atoms with E-state index in [4.69, 9.17) is 13.9 Å². The monoisotopic (exact) mass is 421 g/mol. The van der Waals surface area contributed by atoms with Crippen LogP contribution >= 0.6 is 0 Å². The molecule has 0 saturated carbocycles. The first-order chi connectivity index (χ1) is 14.9. The lowest BCUT2D eigenvalue weighted by molar-refractivity contribution is -0.131. The minimum absolute atomic E-state index is 0.125. The Morgan fingerprint density at radius 2 is 1.97 bits per heavy atom. The van der Waals surface area contributed by atoms with Gasteiger partial charge in [0.25, 0.3) is 5.91 Å². The predicted molar refractivity (Wildman–Crippen MR) is 113 cm³/mol. The molecule has 7 heteroatoms. The van der Waals surface area contributed by atoms with Gasteiger partial charge in [-0.25, -0.2) is 0 Å². The summed E-state index contributed by atoms with van der Waals surface area (Å²) in [6.07, 6.45) is 1.95. The van der Waals surface area contributed by atoms with Crippen LogP contribution in [0.5, 0.6) is 11.5 Å². The van der Waals surface area contributed by atoms with Gasteiger partial charge in [-0.15, -0.1) is 0 Å². The second-order valence-corrected chi connectivity index (χ2v) is 7.34. The number of carbonyl (C=O) groups is 2. The highest BCUT2D eigenvalue weighted by atomic mass is 16.6. The highest BCUT2D eigenvalue weighted by Gasteiger charge is 2.35. The van der Waals surface area contributed by atoms with Crippen LogP contribution < -0.4 is 14.4 Å². The number of furan rings is 1. The number of amides is 1. The fraction of sp³-hybridized carbons (Fsp3) is 0.250. The van der Waals surface area contributed by atoms with Gasteiger partial charge in [-0.1, -0.05) is 18.2 Å². The summed E-state index contributed by atoms with van der Waals surface area (Å²) in [4.78, 5) is 26.8. The van der Waals surface area contributed by atoms with E-state index in [1.165, 1.54) is 32.0 Å². The Hall–Kier alpha value is -3.58. The maximum Gasteiger partial charge on any atom is 0.308 e. The number of aryl methyl sites for hydroxylation is 1. The largest absolute Gasteiger partial charge is 0.467 e. The minimum atomic E-state index is -1.16. The lowest BCUT2D eigenvalue weighted by atomic mass is 9.93. The van der Waals surface area contributed by atoms with Crippen molar-refractivity contribution in [3.8, 4) is 11.5 Å². The number of carbonyl (C=O) groups excluding carboxylic acids is 2. The van der Waals surface area contributed by atoms with Gasteiger partial charge in [-0.3, -0.25) is 14.5 Å². The van der Waals surface area contributed by atoms with Crippen molar-refractivity contribution in [1.29, 1.82) is 0 Å². The van der Waals surface area contributed by atoms with E-state index in [2.05, 4.69) is 0 Å². The molecule has 31 heavy (non-hydrogen) atoms. The molecule has 4 rings (SSSR count). The lowest BCUT2D eigenvalue weighted by Gasteiger charge is -2.36. The van der Waals surface area contributed by atoms with E-state index in [-0.39, 0.29) is 29.0 Å². The first kappa shape index (κ1) is 20.7. The van der Waals surface area contributed by atoms with Crippen molar-refractivity contribution in [2.24, 2.45) is 0 Å². The number of hydrogen-bond acceptors (Lipinski definition) is 6. The van der Waals surface area contributed by atoms with Crippen LogP contribution in [0.25, 0.3) is 0 Å². The summed E-state index contributed by atoms with van der Waals surface area (Å²) in [6.45, 7) is 2.72. The topological polar surface area (TPSA) is 89.2 Å². The van der Waals surface area contributed by atoms with Gasteiger partial charge in [0.1, 0.15) is 17.3 Å². The molecule has 1 aliphatic rings. The molecule has 7 nitrogen and oxygen atoms in total. The number of nitrogens with zero attached hydrogens (tertiary/aromatic N) is 1. The molecule has 0 bridgehead atoms. The summed E-state index contributed by atoms with van der Waals surface area (Å²) < 4.78 is 16.2. The van der Waals surface area contributed by atoms with E-state index < -0.39 is 12.3 Å². The Labute approximate surface area is 179 Å². The van der Waals surface area contributed by atoms with Crippen molar-refractivity contribution in [2.45, 2.75) is 39.0 Å². The molecule has 160 valence electrons. The molecule has 3 aromatic rings. The highest BCUT2D eigenvalue weighted by molar-refractivity contribution is 6.09. The average molecular weight is 421 g/mol. The van der Waals surface area contributed by atoms with Crippen LogP contribution in [-0.4, -0.2) is 23.3 Å². The molecule has 1 aliphatic heterocycles. The molecule has 1 aromatic heterocycles. The predicted octanol–water partition coefficient (Wildman–Crippen LogP) is 4.26. The molecule has 2 heterocycles. The fourth-order valence-electron chi connectivity index (χ4n) is 3.87. The number of hydrogen-bond donors (Lipinski definition) is 1. The van der Waals surface area contributed by atoms with Crippen molar-refractivity contribution in [1.82, 2.24) is 0 Å². The van der Waals surface area contributed by atoms with Crippen LogP contribution in [0, 0.1) is 0 Å². The second kappa shape index (κ2) is 8.65. The maximum atomic E-state index is 13.8. The van der Waals surface area contributed by atoms with Crippen molar-refractivity contribution < 1.29 is 28.6 Å². The summed E-state index contributed by atoms with van der Waals surface area (Å²) in [5.74, 6) is 0.238. The molecule has 1 amide bonds. The zero-order valence-corrected chi connectivity index (χ0v) is 17.3. The smallest absolute Gasteiger partial charge is 0.308 e. The molecular formula is C24H23NO6. The third kappa shape index (κ3) is 4.32. The molecule has 2 atom stereocenters. The van der Waals surface area contributed by atoms with Gasteiger partial charge in [0, 0.05) is 18.7 Å². The van der Waals surface area contributed by atoms with Gasteiger partial charge < -0.3 is 19.0 Å². The normalized spacial score (nSPS) is 16.4. The number of ether oxygens (including phenoxy) is 2. The van der Waals surface area contributed by atoms with Crippen molar-refractivity contribution in [3.63, 3.8) is 0 Å². The summed E-state index contributed by atoms with van der Waals surface area (Å²) >= 11 is 0. The Morgan fingerprint density at radius 3 is 2.68 bits per heavy atom. The number of para-hydroxylation sites is 1. The molecule has 2 aromatic carbocycles. The number of fused-ring (bicyclic) bond motifs is 1. The van der Waals surface area contributed by atoms with Gasteiger partial charge in [0.05, 0.1) is 17.9 Å². The maximum absolute atomic E-state index is 13.8. The number of anilines is 1. The van der Waals surface area contributed by atoms with Crippen LogP contribution in [0.1, 0.15) is 48.0 Å². The van der Waals surface area contributed by atoms with Gasteiger partial charge in [-0.05, 0) is 55.7 Å². The van der Waals surface area contributed by atoms with E-state index in [0.29, 0.717) is 12.2 Å². The van der Waals surface area contributed by atoms with Gasteiger partial charge in [-0.2, -0.15) is 0 Å². The molecule has 0 radical (unpaired) electrons. The van der Waals surface area contributed by atoms with E-state index >= 15 is 0 Å². The van der Waals surface area contributed by atoms with Crippen LogP contribution in [0.2, 0.25) is 0 Å². The molecule has 0 aliphatic carbocycles. The number of aliphatic hydroxyl groups excluding tert-OH is 1. The molecule has 1 N–H and O–H groups in total. The van der Waals surface area contributed by atoms with Crippen molar-refractivity contribution in [3.05, 3.63) is 77.7 Å². The Balaban J connectivity index is 1.79. The molecule has 0 fully saturated rings. The fourth-order valence-corrected chi connectivity index (χ4v) is 3.87. The highest BCUT2D eigenvalue weighted by Crippen LogP contribution is 2.41. The summed E-state index contributed by atoms with van der Waals surface area (Å²) in [5.41, 5.74) is 2.10. The van der Waals surface area contributed by atoms with Crippen molar-refractivity contribution in [2.75, 3.05) is 4.90 Å². The summed E-state index contributed by atoms with van der Waals surface area (Å²) in [7, 11) is 0. The van der Waals surface area contributed by atoms with Gasteiger partial charge in [0.2, 0.25) is 0 Å². The molecule has 2 unspecified atom stereocenters. The summed E-state index contributed by atoms with van der Waals surface area (Å²) in [6, 6.07) is 15.6. The Morgan fingerprint density at radius 1 is 1.16 bits per heavy atom. The van der Waals surface area contributed by atoms with Crippen LogP contribution in [0.15, 0.2) is 65.3 Å². The van der Waals surface area contributed by atoms with Crippen LogP contribution in [-0.2, 0) is 11.2 Å². The van der Waals surface area contributed by atoms with E-state index in [0.717, 1.165) is 17.7 Å². The number of benzene rings is 2. The zero-order valence-electron chi connectivity index (χ0n) is 17.3. The first-order valence-corrected chi connectivity index (χ1v) is 10.1. The van der Waals surface area contributed by atoms with E-state index in [9.17, 15) is 14.7 Å². The number of aliphatic hydroxyl groups is 1. The van der Waals surface area contributed by atoms with Crippen molar-refractivity contribution >= 4 is 17.6 Å². The number of esters is 1. The second-order valence-electron chi connectivity index (χ2n) is 7.34. The summed E-state index contributed by atoms with van der Waals surface area (Å²) in [5, 5.41) is 9.79. The standard InChI is InChI=1S/C24H23NO6/c1-15(26)30-18-10-11-19(23(14-18)31-16(2)27)24(28)25-20-7-4-3-6-17(20)9-12-21(25)22-8-5-13-29-22/h3-8,10-11,13-14,16,21,27H,9,12H2,1-2H3. The Bertz CT molecular complexity index is 1090. The molecular weight excluding hydrogens is 398 g/mol. The molecule has 0 spiro atoms. The average Bonchev–Trinajstić information content (AvgIpc) is 3.26. The Kier molecular flexibility index (Phi) is 5.77. The van der Waals surface area contributed by atoms with Gasteiger partial charge >= 0.3 is 5.97 Å². The zero-order chi connectivity index (χ0) is 22.0. The van der Waals surface area contributed by atoms with E-state index in [1.54, 1.807) is 17.2 Å². The third-order valence-corrected chi connectivity index (χ3v) is 5.08. The van der Waals surface area contributed by atoms with Gasteiger partial charge in [0.15, 0.2) is 6.29 Å². The SMILES string of the molecule is CC(=O)Oc1ccc(C(=O)N2c3ccccc3CCC2c2ccco2)c(OC(C)O)c1. The first-order valence-electron chi connectivity index (χ1n) is 10.1.